The molecule has 0 unspecified atom stereocenters. The third-order valence-corrected chi connectivity index (χ3v) is 1.76. The minimum atomic E-state index is 0.389. The Labute approximate surface area is 79.9 Å². The lowest BCUT2D eigenvalue weighted by Gasteiger charge is -1.92. The van der Waals surface area contributed by atoms with Crippen molar-refractivity contribution in [3.8, 4) is 0 Å². The highest BCUT2D eigenvalue weighted by Gasteiger charge is 2.01. The first kappa shape index (κ1) is 8.55. The van der Waals surface area contributed by atoms with Gasteiger partial charge in [-0.1, -0.05) is 6.08 Å². The predicted molar refractivity (Wildman–Crippen MR) is 51.4 cm³/mol. The Morgan fingerprint density at radius 3 is 3.14 bits per heavy atom. The maximum atomic E-state index is 10.1. The summed E-state index contributed by atoms with van der Waals surface area (Å²) >= 11 is 0. The van der Waals surface area contributed by atoms with Gasteiger partial charge in [-0.2, -0.15) is 0 Å². The fraction of sp³-hybridized carbons (Fsp3) is 0.111. The molecule has 1 N–H and O–H groups in total. The molecule has 0 aliphatic rings. The molecule has 0 saturated heterocycles. The molecule has 0 radical (unpaired) electrons. The van der Waals surface area contributed by atoms with Crippen LogP contribution in [0.5, 0.6) is 0 Å². The lowest BCUT2D eigenvalue weighted by molar-refractivity contribution is -0.107. The van der Waals surface area contributed by atoms with E-state index < -0.39 is 0 Å². The molecule has 14 heavy (non-hydrogen) atoms. The van der Waals surface area contributed by atoms with Crippen molar-refractivity contribution < 1.29 is 4.79 Å². The molecule has 0 spiro atoms. The Morgan fingerprint density at radius 2 is 2.29 bits per heavy atom. The Kier molecular flexibility index (Phi) is 2.31. The van der Waals surface area contributed by atoms with E-state index in [2.05, 4.69) is 19.9 Å². The van der Waals surface area contributed by atoms with Crippen LogP contribution < -0.4 is 0 Å². The van der Waals surface area contributed by atoms with Gasteiger partial charge >= 0.3 is 0 Å². The molecule has 0 atom stereocenters. The van der Waals surface area contributed by atoms with Gasteiger partial charge in [0.15, 0.2) is 5.65 Å². The van der Waals surface area contributed by atoms with Crippen molar-refractivity contribution in [2.45, 2.75) is 6.42 Å². The largest absolute Gasteiger partial charge is 0.341 e. The lowest BCUT2D eigenvalue weighted by atomic mass is 10.3. The van der Waals surface area contributed by atoms with E-state index in [4.69, 9.17) is 0 Å². The average Bonchev–Trinajstić information content (AvgIpc) is 2.67. The topological polar surface area (TPSA) is 71.5 Å². The first-order valence-electron chi connectivity index (χ1n) is 4.16. The Morgan fingerprint density at radius 1 is 1.36 bits per heavy atom. The van der Waals surface area contributed by atoms with E-state index in [0.717, 1.165) is 17.5 Å². The molecule has 2 rings (SSSR count). The first-order valence-corrected chi connectivity index (χ1v) is 4.16. The summed E-state index contributed by atoms with van der Waals surface area (Å²) in [6.45, 7) is 0. The molecule has 0 aliphatic heterocycles. The minimum Gasteiger partial charge on any atom is -0.341 e. The monoisotopic (exact) mass is 188 g/mol. The molecule has 5 heteroatoms. The van der Waals surface area contributed by atoms with Gasteiger partial charge in [-0.15, -0.1) is 0 Å². The Hall–Kier alpha value is -2.04. The standard InChI is InChI=1S/C9H8N4O/c14-4-2-1-3-7-8-9(12-5-10-7)13-6-11-8/h1,3-6H,2H2,(H,10,11,12,13). The number of aldehydes is 1. The number of allylic oxidation sites excluding steroid dienone is 1. The number of nitrogens with one attached hydrogen (secondary N) is 1. The summed E-state index contributed by atoms with van der Waals surface area (Å²) in [4.78, 5) is 25.1. The zero-order valence-corrected chi connectivity index (χ0v) is 7.34. The molecule has 0 aliphatic carbocycles. The summed E-state index contributed by atoms with van der Waals surface area (Å²) in [5.74, 6) is 0. The van der Waals surface area contributed by atoms with Crippen LogP contribution in [0.4, 0.5) is 0 Å². The van der Waals surface area contributed by atoms with Crippen LogP contribution in [0.1, 0.15) is 12.1 Å². The molecule has 0 aromatic carbocycles. The van der Waals surface area contributed by atoms with E-state index >= 15 is 0 Å². The number of rotatable bonds is 3. The minimum absolute atomic E-state index is 0.389. The van der Waals surface area contributed by atoms with Crippen molar-refractivity contribution in [3.05, 3.63) is 24.4 Å². The Balaban J connectivity index is 2.41. The number of aromatic amines is 1. The van der Waals surface area contributed by atoms with E-state index in [9.17, 15) is 4.79 Å². The number of H-pyrrole nitrogens is 1. The fourth-order valence-corrected chi connectivity index (χ4v) is 1.15. The number of nitrogens with zero attached hydrogens (tertiary/aromatic N) is 3. The van der Waals surface area contributed by atoms with Gasteiger partial charge in [0, 0.05) is 6.42 Å². The summed E-state index contributed by atoms with van der Waals surface area (Å²) in [6.07, 6.45) is 7.76. The van der Waals surface area contributed by atoms with Crippen molar-refractivity contribution in [2.24, 2.45) is 0 Å². The highest BCUT2D eigenvalue weighted by Crippen LogP contribution is 2.10. The highest BCUT2D eigenvalue weighted by atomic mass is 16.1. The number of hydrogen-bond acceptors (Lipinski definition) is 4. The number of carbonyl (C=O) groups is 1. The highest BCUT2D eigenvalue weighted by molar-refractivity contribution is 5.79. The molecule has 2 heterocycles. The van der Waals surface area contributed by atoms with Crippen molar-refractivity contribution in [1.82, 2.24) is 19.9 Å². The summed E-state index contributed by atoms with van der Waals surface area (Å²) in [5.41, 5.74) is 2.16. The lowest BCUT2D eigenvalue weighted by Crippen LogP contribution is -1.86. The van der Waals surface area contributed by atoms with Gasteiger partial charge in [0.1, 0.15) is 18.1 Å². The summed E-state index contributed by atoms with van der Waals surface area (Å²) in [6, 6.07) is 0. The van der Waals surface area contributed by atoms with Crippen molar-refractivity contribution >= 4 is 23.5 Å². The van der Waals surface area contributed by atoms with Crippen LogP contribution in [0, 0.1) is 0 Å². The van der Waals surface area contributed by atoms with Gasteiger partial charge in [-0.05, 0) is 6.08 Å². The van der Waals surface area contributed by atoms with Crippen molar-refractivity contribution in [2.75, 3.05) is 0 Å². The second-order valence-corrected chi connectivity index (χ2v) is 2.66. The van der Waals surface area contributed by atoms with Gasteiger partial charge in [0.25, 0.3) is 0 Å². The number of imidazole rings is 1. The fourth-order valence-electron chi connectivity index (χ4n) is 1.15. The quantitative estimate of drug-likeness (QED) is 0.728. The van der Waals surface area contributed by atoms with Crippen LogP contribution in [0.15, 0.2) is 18.7 Å². The van der Waals surface area contributed by atoms with Crippen LogP contribution in [-0.2, 0) is 4.79 Å². The molecular formula is C9H8N4O. The first-order chi connectivity index (χ1) is 6.92. The normalized spacial score (nSPS) is 11.1. The van der Waals surface area contributed by atoms with Crippen LogP contribution >= 0.6 is 0 Å². The van der Waals surface area contributed by atoms with E-state index in [-0.39, 0.29) is 0 Å². The van der Waals surface area contributed by atoms with Crippen LogP contribution in [0.25, 0.3) is 17.2 Å². The molecule has 0 saturated carbocycles. The summed E-state index contributed by atoms with van der Waals surface area (Å²) in [7, 11) is 0. The SMILES string of the molecule is O=CCC=Cc1ncnc2nc[nH]c12. The second kappa shape index (κ2) is 3.78. The molecule has 2 aromatic heterocycles. The van der Waals surface area contributed by atoms with Gasteiger partial charge in [0.2, 0.25) is 0 Å². The zero-order chi connectivity index (χ0) is 9.80. The van der Waals surface area contributed by atoms with Crippen molar-refractivity contribution in [1.29, 1.82) is 0 Å². The number of aromatic nitrogens is 4. The van der Waals surface area contributed by atoms with Gasteiger partial charge in [0.05, 0.1) is 12.0 Å². The Bertz CT molecular complexity index is 474. The third-order valence-electron chi connectivity index (χ3n) is 1.76. The van der Waals surface area contributed by atoms with E-state index in [1.54, 1.807) is 18.5 Å². The van der Waals surface area contributed by atoms with Crippen LogP contribution in [0.3, 0.4) is 0 Å². The summed E-state index contributed by atoms with van der Waals surface area (Å²) < 4.78 is 0. The maximum absolute atomic E-state index is 10.1. The van der Waals surface area contributed by atoms with Crippen molar-refractivity contribution in [3.63, 3.8) is 0 Å². The number of hydrogen-bond donors (Lipinski definition) is 1. The molecule has 0 bridgehead atoms. The van der Waals surface area contributed by atoms with Gasteiger partial charge in [-0.25, -0.2) is 15.0 Å². The van der Waals surface area contributed by atoms with Gasteiger partial charge in [-0.3, -0.25) is 0 Å². The second-order valence-electron chi connectivity index (χ2n) is 2.66. The van der Waals surface area contributed by atoms with E-state index in [0.29, 0.717) is 12.1 Å². The van der Waals surface area contributed by atoms with Crippen LogP contribution in [-0.4, -0.2) is 26.2 Å². The predicted octanol–water partition coefficient (Wildman–Crippen LogP) is 0.955. The average molecular weight is 188 g/mol. The summed E-state index contributed by atoms with van der Waals surface area (Å²) in [5, 5.41) is 0. The molecule has 70 valence electrons. The van der Waals surface area contributed by atoms with E-state index in [1.165, 1.54) is 6.33 Å². The molecular weight excluding hydrogens is 180 g/mol. The van der Waals surface area contributed by atoms with E-state index in [1.807, 2.05) is 0 Å². The molecule has 0 amide bonds. The third kappa shape index (κ3) is 1.52. The van der Waals surface area contributed by atoms with Crippen LogP contribution in [0.2, 0.25) is 0 Å². The molecule has 2 aromatic rings. The van der Waals surface area contributed by atoms with Gasteiger partial charge < -0.3 is 9.78 Å². The molecule has 5 nitrogen and oxygen atoms in total. The zero-order valence-electron chi connectivity index (χ0n) is 7.34. The number of fused-ring (bicyclic) bond motifs is 1. The smallest absolute Gasteiger partial charge is 0.181 e. The maximum Gasteiger partial charge on any atom is 0.181 e. The molecule has 0 fully saturated rings. The number of carbonyl (C=O) groups excluding carboxylic acids is 1.